The molecule has 0 unspecified atom stereocenters. The highest BCUT2D eigenvalue weighted by Gasteiger charge is 2.10. The Hall–Kier alpha value is -4.13. The molecule has 188 valence electrons. The zero-order valence-corrected chi connectivity index (χ0v) is 21.3. The van der Waals surface area contributed by atoms with Crippen molar-refractivity contribution >= 4 is 23.7 Å². The molecule has 0 aliphatic carbocycles. The lowest BCUT2D eigenvalue weighted by Gasteiger charge is -2.13. The number of hydrogen-bond acceptors (Lipinski definition) is 5. The minimum Gasteiger partial charge on any atom is -0.490 e. The Balaban J connectivity index is 1.50. The first-order valence-electron chi connectivity index (χ1n) is 12.0. The van der Waals surface area contributed by atoms with Crippen molar-refractivity contribution in [3.63, 3.8) is 0 Å². The number of amides is 2. The summed E-state index contributed by atoms with van der Waals surface area (Å²) in [6.07, 6.45) is 1.63. The van der Waals surface area contributed by atoms with Crippen LogP contribution in [0, 0.1) is 20.8 Å². The molecule has 0 radical (unpaired) electrons. The number of hydrazone groups is 1. The molecule has 2 amide bonds. The van der Waals surface area contributed by atoms with Gasteiger partial charge in [-0.3, -0.25) is 9.59 Å². The number of rotatable bonds is 11. The van der Waals surface area contributed by atoms with Gasteiger partial charge in [-0.05, 0) is 74.2 Å². The van der Waals surface area contributed by atoms with Gasteiger partial charge in [-0.1, -0.05) is 42.0 Å². The van der Waals surface area contributed by atoms with Crippen molar-refractivity contribution in [3.05, 3.63) is 88.5 Å². The topological polar surface area (TPSA) is 89.0 Å². The van der Waals surface area contributed by atoms with E-state index < -0.39 is 0 Å². The average Bonchev–Trinajstić information content (AvgIpc) is 2.86. The third-order valence-electron chi connectivity index (χ3n) is 5.64. The average molecular weight is 488 g/mol. The van der Waals surface area contributed by atoms with Crippen LogP contribution in [0.1, 0.15) is 47.6 Å². The molecule has 7 nitrogen and oxygen atoms in total. The minimum absolute atomic E-state index is 0.0318. The molecule has 3 rings (SSSR count). The van der Waals surface area contributed by atoms with Gasteiger partial charge in [-0.2, -0.15) is 5.10 Å². The van der Waals surface area contributed by atoms with E-state index in [2.05, 4.69) is 15.8 Å². The first kappa shape index (κ1) is 26.5. The van der Waals surface area contributed by atoms with Gasteiger partial charge in [-0.15, -0.1) is 0 Å². The highest BCUT2D eigenvalue weighted by Crippen LogP contribution is 2.29. The summed E-state index contributed by atoms with van der Waals surface area (Å²) in [5.74, 6) is 0.673. The van der Waals surface area contributed by atoms with Crippen LogP contribution in [0.25, 0.3) is 0 Å². The van der Waals surface area contributed by atoms with Crippen molar-refractivity contribution in [2.75, 3.05) is 11.9 Å². The quantitative estimate of drug-likeness (QED) is 0.278. The van der Waals surface area contributed by atoms with Crippen LogP contribution in [-0.4, -0.2) is 24.6 Å². The van der Waals surface area contributed by atoms with Crippen molar-refractivity contribution in [2.45, 2.75) is 47.1 Å². The summed E-state index contributed by atoms with van der Waals surface area (Å²) in [6, 6.07) is 19.3. The van der Waals surface area contributed by atoms with Crippen LogP contribution in [0.5, 0.6) is 11.5 Å². The van der Waals surface area contributed by atoms with E-state index in [9.17, 15) is 9.59 Å². The Kier molecular flexibility index (Phi) is 9.63. The lowest BCUT2D eigenvalue weighted by molar-refractivity contribution is -0.124. The standard InChI is InChI=1S/C29H33N3O4/c1-5-35-27-17-24(13-14-26(27)36-19-23-11-9-20(2)10-12-23)18-30-32-29(34)16-15-28(33)31-25-8-6-7-21(3)22(25)4/h6-14,17-18H,5,15-16,19H2,1-4H3,(H,31,33)(H,32,34). The second-order valence-electron chi connectivity index (χ2n) is 8.50. The molecule has 0 spiro atoms. The van der Waals surface area contributed by atoms with E-state index >= 15 is 0 Å². The summed E-state index contributed by atoms with van der Waals surface area (Å²) < 4.78 is 11.7. The molecule has 0 atom stereocenters. The molecule has 0 bridgehead atoms. The van der Waals surface area contributed by atoms with Gasteiger partial charge in [0.15, 0.2) is 11.5 Å². The molecule has 3 aromatic rings. The summed E-state index contributed by atoms with van der Waals surface area (Å²) in [4.78, 5) is 24.3. The number of ether oxygens (including phenoxy) is 2. The fourth-order valence-corrected chi connectivity index (χ4v) is 3.40. The molecule has 0 saturated heterocycles. The molecule has 0 aliphatic rings. The van der Waals surface area contributed by atoms with Gasteiger partial charge in [-0.25, -0.2) is 5.43 Å². The highest BCUT2D eigenvalue weighted by molar-refractivity contribution is 5.94. The Morgan fingerprint density at radius 3 is 2.39 bits per heavy atom. The fourth-order valence-electron chi connectivity index (χ4n) is 3.40. The van der Waals surface area contributed by atoms with E-state index in [4.69, 9.17) is 9.47 Å². The van der Waals surface area contributed by atoms with Gasteiger partial charge >= 0.3 is 0 Å². The fraction of sp³-hybridized carbons (Fsp3) is 0.276. The van der Waals surface area contributed by atoms with Crippen molar-refractivity contribution in [1.82, 2.24) is 5.43 Å². The van der Waals surface area contributed by atoms with Crippen molar-refractivity contribution in [1.29, 1.82) is 0 Å². The second kappa shape index (κ2) is 13.1. The monoisotopic (exact) mass is 487 g/mol. The van der Waals surface area contributed by atoms with E-state index in [0.29, 0.717) is 24.7 Å². The molecule has 7 heteroatoms. The summed E-state index contributed by atoms with van der Waals surface area (Å²) in [7, 11) is 0. The molecular weight excluding hydrogens is 454 g/mol. The van der Waals surface area contributed by atoms with E-state index in [0.717, 1.165) is 27.9 Å². The Morgan fingerprint density at radius 2 is 1.64 bits per heavy atom. The third kappa shape index (κ3) is 7.98. The number of carbonyl (C=O) groups excluding carboxylic acids is 2. The third-order valence-corrected chi connectivity index (χ3v) is 5.64. The van der Waals surface area contributed by atoms with Crippen LogP contribution >= 0.6 is 0 Å². The lowest BCUT2D eigenvalue weighted by Crippen LogP contribution is -2.21. The molecule has 0 aliphatic heterocycles. The summed E-state index contributed by atoms with van der Waals surface area (Å²) >= 11 is 0. The van der Waals surface area contributed by atoms with Crippen LogP contribution in [-0.2, 0) is 16.2 Å². The molecule has 0 heterocycles. The second-order valence-corrected chi connectivity index (χ2v) is 8.50. The van der Waals surface area contributed by atoms with Gasteiger partial charge in [0.25, 0.3) is 0 Å². The largest absolute Gasteiger partial charge is 0.490 e. The minimum atomic E-state index is -0.342. The first-order valence-corrected chi connectivity index (χ1v) is 12.0. The smallest absolute Gasteiger partial charge is 0.240 e. The number of nitrogens with one attached hydrogen (secondary N) is 2. The molecule has 36 heavy (non-hydrogen) atoms. The SMILES string of the molecule is CCOc1cc(C=NNC(=O)CCC(=O)Nc2cccc(C)c2C)ccc1OCc1ccc(C)cc1. The van der Waals surface area contributed by atoms with Gasteiger partial charge in [0, 0.05) is 18.5 Å². The van der Waals surface area contributed by atoms with E-state index in [1.54, 1.807) is 6.07 Å². The van der Waals surface area contributed by atoms with E-state index in [-0.39, 0.29) is 24.7 Å². The maximum Gasteiger partial charge on any atom is 0.240 e. The Labute approximate surface area is 212 Å². The van der Waals surface area contributed by atoms with Crippen LogP contribution in [0.3, 0.4) is 0 Å². The van der Waals surface area contributed by atoms with Crippen molar-refractivity contribution < 1.29 is 19.1 Å². The molecule has 0 aromatic heterocycles. The van der Waals surface area contributed by atoms with E-state index in [1.807, 2.05) is 82.3 Å². The maximum atomic E-state index is 12.2. The Bertz CT molecular complexity index is 1220. The van der Waals surface area contributed by atoms with Gasteiger partial charge in [0.1, 0.15) is 6.61 Å². The van der Waals surface area contributed by atoms with Crippen LogP contribution in [0.2, 0.25) is 0 Å². The molecule has 2 N–H and O–H groups in total. The predicted molar refractivity (Wildman–Crippen MR) is 143 cm³/mol. The van der Waals surface area contributed by atoms with Crippen LogP contribution in [0.4, 0.5) is 5.69 Å². The van der Waals surface area contributed by atoms with Crippen molar-refractivity contribution in [2.24, 2.45) is 5.10 Å². The number of carbonyl (C=O) groups is 2. The zero-order chi connectivity index (χ0) is 25.9. The highest BCUT2D eigenvalue weighted by atomic mass is 16.5. The van der Waals surface area contributed by atoms with Gasteiger partial charge < -0.3 is 14.8 Å². The number of aryl methyl sites for hydroxylation is 2. The lowest BCUT2D eigenvalue weighted by atomic mass is 10.1. The molecule has 3 aromatic carbocycles. The molecule has 0 fully saturated rings. The number of nitrogens with zero attached hydrogens (tertiary/aromatic N) is 1. The summed E-state index contributed by atoms with van der Waals surface area (Å²) in [5, 5.41) is 6.86. The van der Waals surface area contributed by atoms with E-state index in [1.165, 1.54) is 11.8 Å². The first-order chi connectivity index (χ1) is 17.4. The molecular formula is C29H33N3O4. The molecule has 0 saturated carbocycles. The van der Waals surface area contributed by atoms with Crippen molar-refractivity contribution in [3.8, 4) is 11.5 Å². The maximum absolute atomic E-state index is 12.2. The normalized spacial score (nSPS) is 10.8. The number of anilines is 1. The Morgan fingerprint density at radius 1 is 0.889 bits per heavy atom. The number of benzene rings is 3. The summed E-state index contributed by atoms with van der Waals surface area (Å²) in [5.41, 5.74) is 8.35. The van der Waals surface area contributed by atoms with Crippen LogP contribution in [0.15, 0.2) is 65.8 Å². The predicted octanol–water partition coefficient (Wildman–Crippen LogP) is 5.46. The van der Waals surface area contributed by atoms with Crippen LogP contribution < -0.4 is 20.2 Å². The summed E-state index contributed by atoms with van der Waals surface area (Å²) in [6.45, 7) is 8.81. The zero-order valence-electron chi connectivity index (χ0n) is 21.3. The van der Waals surface area contributed by atoms with Gasteiger partial charge in [0.05, 0.1) is 12.8 Å². The number of hydrogen-bond donors (Lipinski definition) is 2. The van der Waals surface area contributed by atoms with Gasteiger partial charge in [0.2, 0.25) is 11.8 Å².